The van der Waals surface area contributed by atoms with Crippen molar-refractivity contribution in [1.82, 2.24) is 5.32 Å². The number of aromatic carboxylic acids is 1. The van der Waals surface area contributed by atoms with Crippen LogP contribution in [0.5, 0.6) is 5.75 Å². The first-order valence-corrected chi connectivity index (χ1v) is 8.56. The second kappa shape index (κ2) is 8.75. The molecule has 1 aliphatic heterocycles. The van der Waals surface area contributed by atoms with Crippen LogP contribution in [0.3, 0.4) is 0 Å². The van der Waals surface area contributed by atoms with Crippen LogP contribution in [0.1, 0.15) is 31.1 Å². The number of carboxylic acids is 1. The number of carbonyl (C=O) groups excluding carboxylic acids is 1. The predicted molar refractivity (Wildman–Crippen MR) is 96.2 cm³/mol. The Morgan fingerprint density at radius 1 is 1.27 bits per heavy atom. The molecule has 0 atom stereocenters. The molecule has 8 heteroatoms. The average Bonchev–Trinajstić information content (AvgIpc) is 2.57. The van der Waals surface area contributed by atoms with Crippen LogP contribution in [0.25, 0.3) is 0 Å². The van der Waals surface area contributed by atoms with E-state index in [9.17, 15) is 14.7 Å². The highest BCUT2D eigenvalue weighted by Crippen LogP contribution is 2.26. The molecule has 1 heterocycles. The molecule has 8 nitrogen and oxygen atoms in total. The molecule has 1 aliphatic rings. The maximum atomic E-state index is 11.6. The number of ether oxygens (including phenoxy) is 3. The Bertz CT molecular complexity index is 635. The van der Waals surface area contributed by atoms with Crippen molar-refractivity contribution < 1.29 is 28.9 Å². The Balaban J connectivity index is 1.95. The Hall–Kier alpha value is -2.48. The molecule has 1 fully saturated rings. The minimum absolute atomic E-state index is 0.0827. The zero-order chi connectivity index (χ0) is 19.2. The van der Waals surface area contributed by atoms with Gasteiger partial charge in [-0.15, -0.1) is 0 Å². The Kier molecular flexibility index (Phi) is 6.68. The number of nitrogens with one attached hydrogen (secondary N) is 1. The molecule has 0 spiro atoms. The van der Waals surface area contributed by atoms with E-state index in [-0.39, 0.29) is 24.5 Å². The molecule has 144 valence electrons. The van der Waals surface area contributed by atoms with E-state index in [0.29, 0.717) is 13.2 Å². The molecular weight excluding hydrogens is 340 g/mol. The van der Waals surface area contributed by atoms with Gasteiger partial charge in [-0.2, -0.15) is 0 Å². The molecule has 0 bridgehead atoms. The molecule has 1 aromatic rings. The lowest BCUT2D eigenvalue weighted by Crippen LogP contribution is -2.36. The summed E-state index contributed by atoms with van der Waals surface area (Å²) in [5.41, 5.74) is 0.390. The molecule has 0 unspecified atom stereocenters. The zero-order valence-corrected chi connectivity index (χ0v) is 15.4. The molecular formula is C18H26N2O6. The normalized spacial score (nSPS) is 14.7. The first-order valence-electron chi connectivity index (χ1n) is 8.56. The quantitative estimate of drug-likeness (QED) is 0.744. The minimum atomic E-state index is -1.06. The number of carbonyl (C=O) groups is 2. The monoisotopic (exact) mass is 366 g/mol. The standard InChI is InChI=1S/C18H26N2O6/c1-18(2,3)26-17(23)19-6-9-25-15-12-13(4-5-14(15)16(21)22)20-7-10-24-11-8-20/h4-5,12H,6-11H2,1-3H3,(H,19,23)(H,21,22). The number of nitrogens with zero attached hydrogens (tertiary/aromatic N) is 1. The Morgan fingerprint density at radius 3 is 2.58 bits per heavy atom. The molecule has 0 aromatic heterocycles. The fraction of sp³-hybridized carbons (Fsp3) is 0.556. The summed E-state index contributed by atoms with van der Waals surface area (Å²) in [6.45, 7) is 8.42. The van der Waals surface area contributed by atoms with Crippen LogP contribution >= 0.6 is 0 Å². The van der Waals surface area contributed by atoms with Gasteiger partial charge < -0.3 is 29.5 Å². The van der Waals surface area contributed by atoms with Crippen LogP contribution in [0, 0.1) is 0 Å². The van der Waals surface area contributed by atoms with Gasteiger partial charge in [-0.1, -0.05) is 0 Å². The zero-order valence-electron chi connectivity index (χ0n) is 15.4. The Morgan fingerprint density at radius 2 is 1.96 bits per heavy atom. The number of hydrogen-bond acceptors (Lipinski definition) is 6. The molecule has 1 saturated heterocycles. The van der Waals surface area contributed by atoms with Crippen molar-refractivity contribution in [1.29, 1.82) is 0 Å². The van der Waals surface area contributed by atoms with Crippen LogP contribution in [0.15, 0.2) is 18.2 Å². The van der Waals surface area contributed by atoms with Crippen molar-refractivity contribution in [2.45, 2.75) is 26.4 Å². The van der Waals surface area contributed by atoms with Gasteiger partial charge in [-0.25, -0.2) is 9.59 Å². The molecule has 2 N–H and O–H groups in total. The highest BCUT2D eigenvalue weighted by molar-refractivity contribution is 5.91. The van der Waals surface area contributed by atoms with E-state index in [2.05, 4.69) is 10.2 Å². The number of hydrogen-bond donors (Lipinski definition) is 2. The fourth-order valence-corrected chi connectivity index (χ4v) is 2.45. The number of morpholine rings is 1. The van der Waals surface area contributed by atoms with Gasteiger partial charge in [0, 0.05) is 24.8 Å². The molecule has 0 radical (unpaired) electrons. The van der Waals surface area contributed by atoms with Crippen LogP contribution in [0.4, 0.5) is 10.5 Å². The second-order valence-electron chi connectivity index (χ2n) is 6.86. The third-order valence-corrected chi connectivity index (χ3v) is 3.60. The van der Waals surface area contributed by atoms with E-state index in [1.54, 1.807) is 32.9 Å². The maximum absolute atomic E-state index is 11.6. The fourth-order valence-electron chi connectivity index (χ4n) is 2.45. The van der Waals surface area contributed by atoms with Crippen molar-refractivity contribution in [3.8, 4) is 5.75 Å². The van der Waals surface area contributed by atoms with Gasteiger partial charge in [0.1, 0.15) is 23.5 Å². The highest BCUT2D eigenvalue weighted by atomic mass is 16.6. The molecule has 2 rings (SSSR count). The topological polar surface area (TPSA) is 97.3 Å². The van der Waals surface area contributed by atoms with Crippen molar-refractivity contribution in [3.63, 3.8) is 0 Å². The highest BCUT2D eigenvalue weighted by Gasteiger charge is 2.18. The molecule has 1 aromatic carbocycles. The summed E-state index contributed by atoms with van der Waals surface area (Å²) in [4.78, 5) is 25.1. The summed E-state index contributed by atoms with van der Waals surface area (Å²) in [5.74, 6) is -0.791. The van der Waals surface area contributed by atoms with Crippen molar-refractivity contribution in [2.75, 3.05) is 44.4 Å². The van der Waals surface area contributed by atoms with Crippen LogP contribution < -0.4 is 15.0 Å². The summed E-state index contributed by atoms with van der Waals surface area (Å²) in [6, 6.07) is 5.01. The summed E-state index contributed by atoms with van der Waals surface area (Å²) < 4.78 is 16.1. The first-order chi connectivity index (χ1) is 12.3. The van der Waals surface area contributed by atoms with Gasteiger partial charge in [0.15, 0.2) is 0 Å². The van der Waals surface area contributed by atoms with Gasteiger partial charge in [-0.05, 0) is 32.9 Å². The number of alkyl carbamates (subject to hydrolysis) is 1. The van der Waals surface area contributed by atoms with Crippen LogP contribution in [-0.4, -0.2) is 62.2 Å². The minimum Gasteiger partial charge on any atom is -0.491 e. The number of rotatable bonds is 6. The van der Waals surface area contributed by atoms with Gasteiger partial charge >= 0.3 is 12.1 Å². The van der Waals surface area contributed by atoms with Crippen LogP contribution in [0.2, 0.25) is 0 Å². The molecule has 26 heavy (non-hydrogen) atoms. The van der Waals surface area contributed by atoms with Gasteiger partial charge in [0.05, 0.1) is 19.8 Å². The second-order valence-corrected chi connectivity index (χ2v) is 6.86. The van der Waals surface area contributed by atoms with E-state index in [1.807, 2.05) is 0 Å². The SMILES string of the molecule is CC(C)(C)OC(=O)NCCOc1cc(N2CCOCC2)ccc1C(=O)O. The van der Waals surface area contributed by atoms with Gasteiger partial charge in [0.2, 0.25) is 0 Å². The van der Waals surface area contributed by atoms with E-state index in [4.69, 9.17) is 14.2 Å². The smallest absolute Gasteiger partial charge is 0.407 e. The third-order valence-electron chi connectivity index (χ3n) is 3.60. The number of carboxylic acid groups (broad SMARTS) is 1. The first kappa shape index (κ1) is 19.8. The van der Waals surface area contributed by atoms with Crippen molar-refractivity contribution >= 4 is 17.7 Å². The number of benzene rings is 1. The maximum Gasteiger partial charge on any atom is 0.407 e. The number of amides is 1. The van der Waals surface area contributed by atoms with Gasteiger partial charge in [-0.3, -0.25) is 0 Å². The van der Waals surface area contributed by atoms with Crippen molar-refractivity contribution in [2.24, 2.45) is 0 Å². The molecule has 0 aliphatic carbocycles. The lowest BCUT2D eigenvalue weighted by molar-refractivity contribution is 0.0518. The predicted octanol–water partition coefficient (Wildman–Crippen LogP) is 2.12. The third kappa shape index (κ3) is 6.11. The number of anilines is 1. The summed E-state index contributed by atoms with van der Waals surface area (Å²) >= 11 is 0. The van der Waals surface area contributed by atoms with Crippen molar-refractivity contribution in [3.05, 3.63) is 23.8 Å². The van der Waals surface area contributed by atoms with E-state index in [1.165, 1.54) is 6.07 Å². The van der Waals surface area contributed by atoms with Gasteiger partial charge in [0.25, 0.3) is 0 Å². The lowest BCUT2D eigenvalue weighted by atomic mass is 10.1. The largest absolute Gasteiger partial charge is 0.491 e. The molecule has 1 amide bonds. The Labute approximate surface area is 153 Å². The lowest BCUT2D eigenvalue weighted by Gasteiger charge is -2.29. The van der Waals surface area contributed by atoms with E-state index >= 15 is 0 Å². The summed E-state index contributed by atoms with van der Waals surface area (Å²) in [5, 5.41) is 11.9. The van der Waals surface area contributed by atoms with E-state index in [0.717, 1.165) is 18.8 Å². The molecule has 0 saturated carbocycles. The summed E-state index contributed by atoms with van der Waals surface area (Å²) in [6.07, 6.45) is -0.540. The average molecular weight is 366 g/mol. The van der Waals surface area contributed by atoms with Crippen LogP contribution in [-0.2, 0) is 9.47 Å². The van der Waals surface area contributed by atoms with E-state index < -0.39 is 17.7 Å². The summed E-state index contributed by atoms with van der Waals surface area (Å²) in [7, 11) is 0.